The maximum atomic E-state index is 11.7. The summed E-state index contributed by atoms with van der Waals surface area (Å²) in [6.07, 6.45) is 3.39. The summed E-state index contributed by atoms with van der Waals surface area (Å²) in [6.45, 7) is 0. The lowest BCUT2D eigenvalue weighted by Gasteiger charge is -2.37. The van der Waals surface area contributed by atoms with Gasteiger partial charge in [-0.1, -0.05) is 6.42 Å². The molecule has 0 bridgehead atoms. The number of aliphatic carboxylic acids is 1. The molecule has 1 unspecified atom stereocenters. The van der Waals surface area contributed by atoms with E-state index in [-0.39, 0.29) is 18.4 Å². The second-order valence-electron chi connectivity index (χ2n) is 4.74. The second kappa shape index (κ2) is 4.65. The van der Waals surface area contributed by atoms with Crippen molar-refractivity contribution in [3.8, 4) is 0 Å². The fourth-order valence-corrected chi connectivity index (χ4v) is 3.46. The normalized spacial score (nSPS) is 27.1. The Kier molecular flexibility index (Phi) is 3.42. The van der Waals surface area contributed by atoms with Gasteiger partial charge in [0.25, 0.3) is 0 Å². The van der Waals surface area contributed by atoms with Crippen LogP contribution in [0.1, 0.15) is 32.1 Å². The van der Waals surface area contributed by atoms with Crippen LogP contribution in [0.25, 0.3) is 0 Å². The van der Waals surface area contributed by atoms with Crippen molar-refractivity contribution in [1.29, 1.82) is 0 Å². The quantitative estimate of drug-likeness (QED) is 0.780. The van der Waals surface area contributed by atoms with Crippen molar-refractivity contribution in [3.05, 3.63) is 0 Å². The van der Waals surface area contributed by atoms with Gasteiger partial charge in [-0.05, 0) is 25.0 Å². The highest BCUT2D eigenvalue weighted by atomic mass is 32.2. The Hall–Kier alpha value is -0.710. The minimum absolute atomic E-state index is 0.0883. The molecule has 2 fully saturated rings. The molecule has 2 aliphatic rings. The van der Waals surface area contributed by atoms with Crippen molar-refractivity contribution in [1.82, 2.24) is 5.32 Å². The zero-order chi connectivity index (χ0) is 11.6. The average Bonchev–Trinajstić information content (AvgIpc) is 2.63. The third-order valence-corrected chi connectivity index (χ3v) is 4.72. The van der Waals surface area contributed by atoms with Crippen LogP contribution >= 0.6 is 11.8 Å². The smallest absolute Gasteiger partial charge is 0.310 e. The molecule has 5 heteroatoms. The molecule has 1 heterocycles. The Morgan fingerprint density at radius 1 is 1.44 bits per heavy atom. The standard InChI is InChI=1S/C11H17NO3S/c13-9(12-8-2-5-16-7-8)6-11(10(14)15)3-1-4-11/h8H,1-7H2,(H,12,13)(H,14,15). The number of carbonyl (C=O) groups is 2. The topological polar surface area (TPSA) is 66.4 Å². The van der Waals surface area contributed by atoms with Crippen LogP contribution in [0.4, 0.5) is 0 Å². The fourth-order valence-electron chi connectivity index (χ4n) is 2.30. The molecule has 1 aliphatic carbocycles. The van der Waals surface area contributed by atoms with E-state index < -0.39 is 11.4 Å². The van der Waals surface area contributed by atoms with Gasteiger partial charge in [0.05, 0.1) is 5.41 Å². The Balaban J connectivity index is 1.83. The first-order valence-electron chi connectivity index (χ1n) is 5.73. The van der Waals surface area contributed by atoms with E-state index in [1.54, 1.807) is 0 Å². The number of thioether (sulfide) groups is 1. The highest BCUT2D eigenvalue weighted by Crippen LogP contribution is 2.44. The summed E-state index contributed by atoms with van der Waals surface area (Å²) in [4.78, 5) is 22.8. The molecular weight excluding hydrogens is 226 g/mol. The highest BCUT2D eigenvalue weighted by molar-refractivity contribution is 7.99. The Labute approximate surface area is 99.2 Å². The van der Waals surface area contributed by atoms with Gasteiger partial charge in [0, 0.05) is 18.2 Å². The van der Waals surface area contributed by atoms with E-state index in [4.69, 9.17) is 5.11 Å². The largest absolute Gasteiger partial charge is 0.481 e. The maximum absolute atomic E-state index is 11.7. The van der Waals surface area contributed by atoms with E-state index >= 15 is 0 Å². The number of hydrogen-bond donors (Lipinski definition) is 2. The van der Waals surface area contributed by atoms with Crippen LogP contribution in [-0.4, -0.2) is 34.5 Å². The van der Waals surface area contributed by atoms with Gasteiger partial charge < -0.3 is 10.4 Å². The van der Waals surface area contributed by atoms with E-state index in [0.29, 0.717) is 12.8 Å². The highest BCUT2D eigenvalue weighted by Gasteiger charge is 2.46. The van der Waals surface area contributed by atoms with Crippen LogP contribution in [0, 0.1) is 5.41 Å². The first kappa shape index (κ1) is 11.8. The molecular formula is C11H17NO3S. The van der Waals surface area contributed by atoms with Gasteiger partial charge >= 0.3 is 5.97 Å². The predicted molar refractivity (Wildman–Crippen MR) is 62.4 cm³/mol. The fraction of sp³-hybridized carbons (Fsp3) is 0.818. The van der Waals surface area contributed by atoms with E-state index in [0.717, 1.165) is 24.3 Å². The Morgan fingerprint density at radius 3 is 2.62 bits per heavy atom. The summed E-state index contributed by atoms with van der Waals surface area (Å²) in [7, 11) is 0. The van der Waals surface area contributed by atoms with Gasteiger partial charge in [0.2, 0.25) is 5.91 Å². The number of amides is 1. The number of nitrogens with one attached hydrogen (secondary N) is 1. The lowest BCUT2D eigenvalue weighted by Crippen LogP contribution is -2.44. The molecule has 0 radical (unpaired) electrons. The summed E-state index contributed by atoms with van der Waals surface area (Å²) in [5.41, 5.74) is -0.754. The summed E-state index contributed by atoms with van der Waals surface area (Å²) in [5.74, 6) is 1.16. The SMILES string of the molecule is O=C(CC1(C(=O)O)CCC1)NC1CCSC1. The van der Waals surface area contributed by atoms with Crippen LogP contribution in [0.5, 0.6) is 0 Å². The monoisotopic (exact) mass is 243 g/mol. The number of carbonyl (C=O) groups excluding carboxylic acids is 1. The summed E-state index contributed by atoms with van der Waals surface area (Å²) >= 11 is 1.84. The maximum Gasteiger partial charge on any atom is 0.310 e. The molecule has 0 aromatic rings. The third-order valence-electron chi connectivity index (χ3n) is 3.56. The van der Waals surface area contributed by atoms with Gasteiger partial charge in [-0.25, -0.2) is 0 Å². The molecule has 2 rings (SSSR count). The van der Waals surface area contributed by atoms with E-state index in [1.165, 1.54) is 0 Å². The molecule has 1 atom stereocenters. The molecule has 0 aromatic heterocycles. The summed E-state index contributed by atoms with van der Waals surface area (Å²) < 4.78 is 0. The van der Waals surface area contributed by atoms with Crippen LogP contribution in [-0.2, 0) is 9.59 Å². The molecule has 90 valence electrons. The third kappa shape index (κ3) is 2.34. The molecule has 1 saturated carbocycles. The van der Waals surface area contributed by atoms with Crippen LogP contribution in [0.3, 0.4) is 0 Å². The van der Waals surface area contributed by atoms with Crippen LogP contribution < -0.4 is 5.32 Å². The van der Waals surface area contributed by atoms with Crippen molar-refractivity contribution in [2.75, 3.05) is 11.5 Å². The number of carboxylic acids is 1. The lowest BCUT2D eigenvalue weighted by molar-refractivity contribution is -0.157. The zero-order valence-corrected chi connectivity index (χ0v) is 10.0. The molecule has 1 aliphatic heterocycles. The average molecular weight is 243 g/mol. The second-order valence-corrected chi connectivity index (χ2v) is 5.89. The van der Waals surface area contributed by atoms with E-state index in [2.05, 4.69) is 5.32 Å². The van der Waals surface area contributed by atoms with Gasteiger partial charge in [0.1, 0.15) is 0 Å². The van der Waals surface area contributed by atoms with Crippen molar-refractivity contribution in [3.63, 3.8) is 0 Å². The minimum atomic E-state index is -0.810. The first-order chi connectivity index (χ1) is 7.62. The number of rotatable bonds is 4. The predicted octanol–water partition coefficient (Wildman–Crippen LogP) is 1.25. The number of hydrogen-bond acceptors (Lipinski definition) is 3. The van der Waals surface area contributed by atoms with Crippen LogP contribution in [0.2, 0.25) is 0 Å². The van der Waals surface area contributed by atoms with Gasteiger partial charge in [0.15, 0.2) is 0 Å². The van der Waals surface area contributed by atoms with Crippen molar-refractivity contribution in [2.45, 2.75) is 38.1 Å². The molecule has 1 saturated heterocycles. The minimum Gasteiger partial charge on any atom is -0.481 e. The van der Waals surface area contributed by atoms with Gasteiger partial charge in [-0.2, -0.15) is 11.8 Å². The first-order valence-corrected chi connectivity index (χ1v) is 6.88. The molecule has 0 aromatic carbocycles. The zero-order valence-electron chi connectivity index (χ0n) is 9.20. The van der Waals surface area contributed by atoms with E-state index in [9.17, 15) is 9.59 Å². The van der Waals surface area contributed by atoms with Gasteiger partial charge in [-0.15, -0.1) is 0 Å². The van der Waals surface area contributed by atoms with Crippen molar-refractivity contribution >= 4 is 23.6 Å². The Bertz CT molecular complexity index is 296. The molecule has 2 N–H and O–H groups in total. The number of carboxylic acid groups (broad SMARTS) is 1. The summed E-state index contributed by atoms with van der Waals surface area (Å²) in [5, 5.41) is 12.0. The van der Waals surface area contributed by atoms with Crippen molar-refractivity contribution < 1.29 is 14.7 Å². The molecule has 1 amide bonds. The lowest BCUT2D eigenvalue weighted by atomic mass is 9.66. The molecule has 0 spiro atoms. The van der Waals surface area contributed by atoms with Crippen molar-refractivity contribution in [2.24, 2.45) is 5.41 Å². The molecule has 16 heavy (non-hydrogen) atoms. The summed E-state index contributed by atoms with van der Waals surface area (Å²) in [6, 6.07) is 0.253. The molecule has 4 nitrogen and oxygen atoms in total. The Morgan fingerprint density at radius 2 is 2.19 bits per heavy atom. The van der Waals surface area contributed by atoms with E-state index in [1.807, 2.05) is 11.8 Å². The van der Waals surface area contributed by atoms with Crippen LogP contribution in [0.15, 0.2) is 0 Å². The van der Waals surface area contributed by atoms with Gasteiger partial charge in [-0.3, -0.25) is 9.59 Å².